The number of benzene rings is 3. The highest BCUT2D eigenvalue weighted by Crippen LogP contribution is 2.38. The zero-order valence-electron chi connectivity index (χ0n) is 18.5. The van der Waals surface area contributed by atoms with Crippen molar-refractivity contribution in [1.82, 2.24) is 0 Å². The topological polar surface area (TPSA) is 135 Å². The maximum atomic E-state index is 12.6. The molecule has 3 aromatic carbocycles. The predicted octanol–water partition coefficient (Wildman–Crippen LogP) is 5.59. The maximum Gasteiger partial charge on any atom is 0.269 e. The summed E-state index contributed by atoms with van der Waals surface area (Å²) in [6.45, 7) is 2.19. The van der Waals surface area contributed by atoms with Crippen LogP contribution in [0.5, 0.6) is 17.2 Å². The number of hydrogen-bond acceptors (Lipinski definition) is 7. The molecule has 0 atom stereocenters. The molecular formula is C25H20BrN3O6. The van der Waals surface area contributed by atoms with Crippen LogP contribution in [0.4, 0.5) is 11.4 Å². The number of nitro benzene ring substituents is 1. The van der Waals surface area contributed by atoms with E-state index in [-0.39, 0.29) is 23.6 Å². The zero-order valence-corrected chi connectivity index (χ0v) is 20.1. The Labute approximate surface area is 209 Å². The van der Waals surface area contributed by atoms with E-state index in [2.05, 4.69) is 21.2 Å². The van der Waals surface area contributed by atoms with Gasteiger partial charge in [-0.3, -0.25) is 14.9 Å². The van der Waals surface area contributed by atoms with Gasteiger partial charge in [-0.15, -0.1) is 0 Å². The Balaban J connectivity index is 1.84. The van der Waals surface area contributed by atoms with Gasteiger partial charge in [0.2, 0.25) is 0 Å². The lowest BCUT2D eigenvalue weighted by molar-refractivity contribution is -0.384. The second kappa shape index (κ2) is 11.7. The third-order valence-electron chi connectivity index (χ3n) is 4.64. The highest BCUT2D eigenvalue weighted by molar-refractivity contribution is 9.10. The van der Waals surface area contributed by atoms with Crippen LogP contribution in [-0.4, -0.2) is 22.5 Å². The van der Waals surface area contributed by atoms with Gasteiger partial charge in [-0.05, 0) is 76.5 Å². The van der Waals surface area contributed by atoms with Gasteiger partial charge < -0.3 is 19.9 Å². The molecule has 10 heteroatoms. The van der Waals surface area contributed by atoms with Gasteiger partial charge >= 0.3 is 0 Å². The molecule has 0 spiro atoms. The van der Waals surface area contributed by atoms with Crippen LogP contribution < -0.4 is 14.8 Å². The summed E-state index contributed by atoms with van der Waals surface area (Å²) in [6, 6.07) is 17.2. The highest BCUT2D eigenvalue weighted by atomic mass is 79.9. The quantitative estimate of drug-likeness (QED) is 0.119. The average molecular weight is 538 g/mol. The number of halogens is 1. The van der Waals surface area contributed by atoms with Crippen LogP contribution >= 0.6 is 15.9 Å². The van der Waals surface area contributed by atoms with Crippen LogP contribution in [0.1, 0.15) is 18.1 Å². The lowest BCUT2D eigenvalue weighted by Crippen LogP contribution is -2.13. The number of non-ortho nitro benzene ring substituents is 1. The number of phenolic OH excluding ortho intramolecular Hbond substituents is 1. The molecule has 3 rings (SSSR count). The monoisotopic (exact) mass is 537 g/mol. The Morgan fingerprint density at radius 3 is 2.60 bits per heavy atom. The van der Waals surface area contributed by atoms with Crippen molar-refractivity contribution in [2.45, 2.75) is 13.5 Å². The van der Waals surface area contributed by atoms with Crippen LogP contribution in [0.3, 0.4) is 0 Å². The smallest absolute Gasteiger partial charge is 0.269 e. The Bertz CT molecular complexity index is 1320. The van der Waals surface area contributed by atoms with Crippen molar-refractivity contribution in [1.29, 1.82) is 5.26 Å². The van der Waals surface area contributed by atoms with E-state index in [0.717, 1.165) is 0 Å². The van der Waals surface area contributed by atoms with E-state index in [0.29, 0.717) is 39.4 Å². The van der Waals surface area contributed by atoms with Crippen LogP contribution in [0.25, 0.3) is 6.08 Å². The zero-order chi connectivity index (χ0) is 25.4. The molecule has 0 radical (unpaired) electrons. The summed E-state index contributed by atoms with van der Waals surface area (Å²) in [6.07, 6.45) is 1.41. The summed E-state index contributed by atoms with van der Waals surface area (Å²) >= 11 is 3.44. The van der Waals surface area contributed by atoms with Crippen molar-refractivity contribution in [3.63, 3.8) is 0 Å². The summed E-state index contributed by atoms with van der Waals surface area (Å²) in [7, 11) is 0. The van der Waals surface area contributed by atoms with E-state index in [1.807, 2.05) is 6.07 Å². The molecule has 1 amide bonds. The van der Waals surface area contributed by atoms with E-state index >= 15 is 0 Å². The third-order valence-corrected chi connectivity index (χ3v) is 5.23. The molecular weight excluding hydrogens is 518 g/mol. The molecule has 35 heavy (non-hydrogen) atoms. The molecule has 9 nitrogen and oxygen atoms in total. The highest BCUT2D eigenvalue weighted by Gasteiger charge is 2.15. The molecule has 178 valence electrons. The summed E-state index contributed by atoms with van der Waals surface area (Å²) in [5, 5.41) is 32.5. The summed E-state index contributed by atoms with van der Waals surface area (Å²) < 4.78 is 12.1. The minimum absolute atomic E-state index is 0.0368. The lowest BCUT2D eigenvalue weighted by atomic mass is 10.1. The first-order valence-electron chi connectivity index (χ1n) is 10.4. The summed E-state index contributed by atoms with van der Waals surface area (Å²) in [5.74, 6) is 0.191. The van der Waals surface area contributed by atoms with Crippen molar-refractivity contribution < 1.29 is 24.3 Å². The Morgan fingerprint density at radius 1 is 1.20 bits per heavy atom. The molecule has 0 unspecified atom stereocenters. The van der Waals surface area contributed by atoms with E-state index < -0.39 is 10.8 Å². The number of nitrogens with one attached hydrogen (secondary N) is 1. The molecule has 0 heterocycles. The first kappa shape index (κ1) is 25.3. The van der Waals surface area contributed by atoms with Gasteiger partial charge in [-0.25, -0.2) is 0 Å². The minimum atomic E-state index is -0.613. The number of aromatic hydroxyl groups is 1. The molecule has 0 bridgehead atoms. The molecule has 2 N–H and O–H groups in total. The number of nitrogens with zero attached hydrogens (tertiary/aromatic N) is 2. The number of carbonyl (C=O) groups excluding carboxylic acids is 1. The Morgan fingerprint density at radius 2 is 1.94 bits per heavy atom. The molecule has 0 saturated carbocycles. The molecule has 0 aliphatic carbocycles. The maximum absolute atomic E-state index is 12.6. The normalized spacial score (nSPS) is 10.8. The number of hydrogen-bond donors (Lipinski definition) is 2. The summed E-state index contributed by atoms with van der Waals surface area (Å²) in [5.41, 5.74) is 1.37. The number of nitro groups is 1. The second-order valence-corrected chi connectivity index (χ2v) is 8.00. The number of phenols is 1. The fourth-order valence-corrected chi connectivity index (χ4v) is 3.62. The number of carbonyl (C=O) groups is 1. The molecule has 0 aromatic heterocycles. The standard InChI is InChI=1S/C25H20BrN3O6/c1-2-34-23-13-17(10-18(14-27)25(31)28-19-6-8-21(30)9-7-19)12-22(26)24(23)35-15-16-4-3-5-20(11-16)29(32)33/h3-13,30H,2,15H2,1H3,(H,28,31)/b18-10+. The Kier molecular flexibility index (Phi) is 8.43. The van der Waals surface area contributed by atoms with Crippen molar-refractivity contribution >= 4 is 39.3 Å². The van der Waals surface area contributed by atoms with E-state index in [9.17, 15) is 25.3 Å². The molecule has 0 fully saturated rings. The Hall–Kier alpha value is -4.36. The second-order valence-electron chi connectivity index (χ2n) is 7.15. The van der Waals surface area contributed by atoms with Crippen molar-refractivity contribution in [2.24, 2.45) is 0 Å². The molecule has 0 aliphatic rings. The van der Waals surface area contributed by atoms with Crippen LogP contribution in [0.15, 0.2) is 70.7 Å². The van der Waals surface area contributed by atoms with E-state index in [1.165, 1.54) is 42.5 Å². The van der Waals surface area contributed by atoms with Gasteiger partial charge in [0.15, 0.2) is 11.5 Å². The van der Waals surface area contributed by atoms with Crippen LogP contribution in [0, 0.1) is 21.4 Å². The van der Waals surface area contributed by atoms with Crippen LogP contribution in [0.2, 0.25) is 0 Å². The molecule has 0 aliphatic heterocycles. The van der Waals surface area contributed by atoms with Crippen molar-refractivity contribution in [3.05, 3.63) is 92.0 Å². The number of ether oxygens (including phenoxy) is 2. The predicted molar refractivity (Wildman–Crippen MR) is 133 cm³/mol. The first-order valence-corrected chi connectivity index (χ1v) is 11.1. The molecule has 3 aromatic rings. The minimum Gasteiger partial charge on any atom is -0.508 e. The van der Waals surface area contributed by atoms with Gasteiger partial charge in [-0.1, -0.05) is 12.1 Å². The third kappa shape index (κ3) is 6.82. The average Bonchev–Trinajstić information content (AvgIpc) is 2.83. The van der Waals surface area contributed by atoms with E-state index in [4.69, 9.17) is 9.47 Å². The van der Waals surface area contributed by atoms with E-state index in [1.54, 1.807) is 31.2 Å². The van der Waals surface area contributed by atoms with Crippen molar-refractivity contribution in [3.8, 4) is 23.3 Å². The van der Waals surface area contributed by atoms with Gasteiger partial charge in [0.05, 0.1) is 16.0 Å². The van der Waals surface area contributed by atoms with Crippen molar-refractivity contribution in [2.75, 3.05) is 11.9 Å². The molecule has 0 saturated heterocycles. The lowest BCUT2D eigenvalue weighted by Gasteiger charge is -2.15. The van der Waals surface area contributed by atoms with Gasteiger partial charge in [-0.2, -0.15) is 5.26 Å². The largest absolute Gasteiger partial charge is 0.508 e. The SMILES string of the molecule is CCOc1cc(/C=C(\C#N)C(=O)Nc2ccc(O)cc2)cc(Br)c1OCc1cccc([N+](=O)[O-])c1. The van der Waals surface area contributed by atoms with Crippen LogP contribution in [-0.2, 0) is 11.4 Å². The number of amides is 1. The van der Waals surface area contributed by atoms with Gasteiger partial charge in [0.25, 0.3) is 11.6 Å². The number of anilines is 1. The van der Waals surface area contributed by atoms with Gasteiger partial charge in [0, 0.05) is 17.8 Å². The fraction of sp³-hybridized carbons (Fsp3) is 0.120. The number of rotatable bonds is 9. The first-order chi connectivity index (χ1) is 16.8. The number of nitriles is 1. The van der Waals surface area contributed by atoms with Gasteiger partial charge in [0.1, 0.15) is 24.0 Å². The summed E-state index contributed by atoms with van der Waals surface area (Å²) in [4.78, 5) is 23.1. The fourth-order valence-electron chi connectivity index (χ4n) is 3.05.